The number of halogens is 6. The van der Waals surface area contributed by atoms with E-state index in [1.807, 2.05) is 25.1 Å². The third kappa shape index (κ3) is 5.70. The average Bonchev–Trinajstić information content (AvgIpc) is 3.36. The highest BCUT2D eigenvalue weighted by atomic mass is 19.4. The molecule has 212 valence electrons. The first-order valence-electron chi connectivity index (χ1n) is 12.6. The number of rotatable bonds is 5. The van der Waals surface area contributed by atoms with E-state index in [0.717, 1.165) is 24.9 Å². The predicted octanol–water partition coefficient (Wildman–Crippen LogP) is 5.20. The molecule has 0 saturated heterocycles. The number of anilines is 1. The first-order valence-corrected chi connectivity index (χ1v) is 12.6. The molecule has 40 heavy (non-hydrogen) atoms. The number of hydrogen-bond acceptors (Lipinski definition) is 6. The van der Waals surface area contributed by atoms with Crippen molar-refractivity contribution in [1.29, 1.82) is 0 Å². The zero-order valence-electron chi connectivity index (χ0n) is 21.4. The van der Waals surface area contributed by atoms with Gasteiger partial charge in [0.15, 0.2) is 0 Å². The first-order chi connectivity index (χ1) is 18.9. The van der Waals surface area contributed by atoms with Gasteiger partial charge in [-0.15, -0.1) is 0 Å². The minimum absolute atomic E-state index is 0.0586. The van der Waals surface area contributed by atoms with Crippen molar-refractivity contribution >= 4 is 17.1 Å². The number of benzene rings is 2. The Morgan fingerprint density at radius 1 is 1.02 bits per heavy atom. The second kappa shape index (κ2) is 10.3. The molecule has 2 aromatic carbocycles. The van der Waals surface area contributed by atoms with Crippen molar-refractivity contribution in [2.24, 2.45) is 10.7 Å². The monoisotopic (exact) mass is 563 g/mol. The number of aryl methyl sites for hydroxylation is 1. The van der Waals surface area contributed by atoms with Crippen LogP contribution in [0.4, 0.5) is 32.0 Å². The SMILES string of the molecule is CCCn1cc(C2=CNC(N)(c3cc(C(F)(F)F)cc(C(F)(F)F)c3)N=C2Nc2ccc3c(c2)CNCC3)cn1. The van der Waals surface area contributed by atoms with E-state index in [1.165, 1.54) is 11.8 Å². The molecule has 5 N–H and O–H groups in total. The normalized spacial score (nSPS) is 19.4. The molecule has 0 spiro atoms. The van der Waals surface area contributed by atoms with E-state index in [2.05, 4.69) is 26.0 Å². The van der Waals surface area contributed by atoms with Crippen molar-refractivity contribution in [2.45, 2.75) is 51.0 Å². The predicted molar refractivity (Wildman–Crippen MR) is 139 cm³/mol. The lowest BCUT2D eigenvalue weighted by Gasteiger charge is -2.33. The highest BCUT2D eigenvalue weighted by molar-refractivity contribution is 6.28. The molecule has 0 bridgehead atoms. The molecular formula is C27H27F6N7. The van der Waals surface area contributed by atoms with E-state index in [1.54, 1.807) is 17.1 Å². The Balaban J connectivity index is 1.59. The second-order valence-electron chi connectivity index (χ2n) is 9.75. The van der Waals surface area contributed by atoms with Gasteiger partial charge in [-0.2, -0.15) is 31.4 Å². The molecule has 13 heteroatoms. The van der Waals surface area contributed by atoms with E-state index in [9.17, 15) is 26.3 Å². The first kappa shape index (κ1) is 27.7. The van der Waals surface area contributed by atoms with Crippen LogP contribution < -0.4 is 21.7 Å². The van der Waals surface area contributed by atoms with E-state index in [0.29, 0.717) is 42.0 Å². The lowest BCUT2D eigenvalue weighted by Crippen LogP contribution is -2.50. The Bertz CT molecular complexity index is 1440. The summed E-state index contributed by atoms with van der Waals surface area (Å²) in [6.07, 6.45) is -3.55. The zero-order chi connectivity index (χ0) is 28.7. The summed E-state index contributed by atoms with van der Waals surface area (Å²) >= 11 is 0. The molecule has 2 aliphatic rings. The summed E-state index contributed by atoms with van der Waals surface area (Å²) in [5.41, 5.74) is 6.96. The maximum atomic E-state index is 13.6. The van der Waals surface area contributed by atoms with Crippen LogP contribution in [0.5, 0.6) is 0 Å². The van der Waals surface area contributed by atoms with Crippen LogP contribution >= 0.6 is 0 Å². The Morgan fingerprint density at radius 2 is 1.75 bits per heavy atom. The van der Waals surface area contributed by atoms with Crippen molar-refractivity contribution in [3.63, 3.8) is 0 Å². The molecule has 2 aliphatic heterocycles. The molecule has 3 heterocycles. The van der Waals surface area contributed by atoms with E-state index in [-0.39, 0.29) is 11.9 Å². The molecule has 0 aliphatic carbocycles. The summed E-state index contributed by atoms with van der Waals surface area (Å²) in [6, 6.07) is 6.95. The molecule has 7 nitrogen and oxygen atoms in total. The number of amidine groups is 1. The Morgan fingerprint density at radius 3 is 2.42 bits per heavy atom. The lowest BCUT2D eigenvalue weighted by molar-refractivity contribution is -0.143. The van der Waals surface area contributed by atoms with Crippen LogP contribution in [0.2, 0.25) is 0 Å². The summed E-state index contributed by atoms with van der Waals surface area (Å²) in [7, 11) is 0. The van der Waals surface area contributed by atoms with Gasteiger partial charge in [-0.3, -0.25) is 10.4 Å². The van der Waals surface area contributed by atoms with Gasteiger partial charge < -0.3 is 16.0 Å². The summed E-state index contributed by atoms with van der Waals surface area (Å²) < 4.78 is 83.2. The largest absolute Gasteiger partial charge is 0.416 e. The van der Waals surface area contributed by atoms with Crippen molar-refractivity contribution < 1.29 is 26.3 Å². The highest BCUT2D eigenvalue weighted by Crippen LogP contribution is 2.39. The van der Waals surface area contributed by atoms with Crippen LogP contribution in [0.1, 0.15) is 46.7 Å². The van der Waals surface area contributed by atoms with Crippen molar-refractivity contribution in [3.8, 4) is 0 Å². The van der Waals surface area contributed by atoms with Crippen LogP contribution in [0.3, 0.4) is 0 Å². The molecule has 3 aromatic rings. The fourth-order valence-corrected chi connectivity index (χ4v) is 4.71. The minimum atomic E-state index is -5.03. The minimum Gasteiger partial charge on any atom is -0.351 e. The molecule has 0 amide bonds. The molecule has 0 fully saturated rings. The van der Waals surface area contributed by atoms with Crippen LogP contribution in [0.25, 0.3) is 5.57 Å². The number of aromatic nitrogens is 2. The maximum absolute atomic E-state index is 13.6. The van der Waals surface area contributed by atoms with Crippen molar-refractivity contribution in [2.75, 3.05) is 11.9 Å². The number of fused-ring (bicyclic) bond motifs is 1. The van der Waals surface area contributed by atoms with Gasteiger partial charge >= 0.3 is 12.4 Å². The fourth-order valence-electron chi connectivity index (χ4n) is 4.71. The molecular weight excluding hydrogens is 536 g/mol. The van der Waals surface area contributed by atoms with Gasteiger partial charge in [-0.1, -0.05) is 13.0 Å². The van der Waals surface area contributed by atoms with Gasteiger partial charge in [0.05, 0.1) is 17.3 Å². The summed E-state index contributed by atoms with van der Waals surface area (Å²) in [6.45, 7) is 4.18. The van der Waals surface area contributed by atoms with Gasteiger partial charge in [0.1, 0.15) is 5.84 Å². The van der Waals surface area contributed by atoms with E-state index in [4.69, 9.17) is 5.73 Å². The Kier molecular flexibility index (Phi) is 7.13. The average molecular weight is 564 g/mol. The third-order valence-corrected chi connectivity index (χ3v) is 6.76. The topological polar surface area (TPSA) is 92.3 Å². The van der Waals surface area contributed by atoms with Crippen molar-refractivity contribution in [1.82, 2.24) is 20.4 Å². The van der Waals surface area contributed by atoms with E-state index >= 15 is 0 Å². The Hall–Kier alpha value is -3.84. The molecule has 0 saturated carbocycles. The quantitative estimate of drug-likeness (QED) is 0.321. The van der Waals surface area contributed by atoms with Crippen LogP contribution in [-0.2, 0) is 37.6 Å². The number of alkyl halides is 6. The molecule has 0 radical (unpaired) electrons. The molecule has 1 aromatic heterocycles. The lowest BCUT2D eigenvalue weighted by atomic mass is 9.98. The molecule has 1 atom stereocenters. The van der Waals surface area contributed by atoms with Gasteiger partial charge in [0, 0.05) is 47.9 Å². The second-order valence-corrected chi connectivity index (χ2v) is 9.75. The number of aliphatic imine (C=N–C) groups is 1. The third-order valence-electron chi connectivity index (χ3n) is 6.76. The van der Waals surface area contributed by atoms with E-state index < -0.39 is 34.8 Å². The molecule has 5 rings (SSSR count). The van der Waals surface area contributed by atoms with Gasteiger partial charge in [-0.05, 0) is 60.8 Å². The maximum Gasteiger partial charge on any atom is 0.416 e. The standard InChI is InChI=1S/C27H27F6N7/c1-2-7-40-15-18(13-37-40)23-14-36-27(34,21-10-19(25(28,29)30)9-20(11-21)26(31,32)33)39-24(23)38-22-4-3-16-5-6-35-12-17(16)8-22/h3-4,8-11,13-15,35-36H,2,5-7,12,34H2,1H3,(H,38,39). The Labute approximate surface area is 226 Å². The van der Waals surface area contributed by atoms with Crippen LogP contribution in [0, 0.1) is 0 Å². The van der Waals surface area contributed by atoms with Crippen molar-refractivity contribution in [3.05, 3.63) is 88.4 Å². The summed E-state index contributed by atoms with van der Waals surface area (Å²) in [5, 5.41) is 13.5. The zero-order valence-corrected chi connectivity index (χ0v) is 21.4. The smallest absolute Gasteiger partial charge is 0.351 e. The van der Waals surface area contributed by atoms with Gasteiger partial charge in [-0.25, -0.2) is 4.99 Å². The van der Waals surface area contributed by atoms with Gasteiger partial charge in [0.25, 0.3) is 0 Å². The summed E-state index contributed by atoms with van der Waals surface area (Å²) in [5.74, 6) is -1.98. The van der Waals surface area contributed by atoms with Crippen LogP contribution in [0.15, 0.2) is 60.0 Å². The number of nitrogens with two attached hydrogens (primary N) is 1. The number of nitrogens with one attached hydrogen (secondary N) is 3. The number of hydrogen-bond donors (Lipinski definition) is 4. The highest BCUT2D eigenvalue weighted by Gasteiger charge is 2.40. The fraction of sp³-hybridized carbons (Fsp3) is 0.333. The molecule has 1 unspecified atom stereocenters. The summed E-state index contributed by atoms with van der Waals surface area (Å²) in [4.78, 5) is 4.47. The number of nitrogens with zero attached hydrogens (tertiary/aromatic N) is 3. The van der Waals surface area contributed by atoms with Crippen LogP contribution in [-0.4, -0.2) is 22.2 Å². The van der Waals surface area contributed by atoms with Gasteiger partial charge in [0.2, 0.25) is 5.79 Å².